The number of likely N-dealkylation sites (N-methyl/N-ethyl adjacent to an activating group) is 1. The summed E-state index contributed by atoms with van der Waals surface area (Å²) in [5.41, 5.74) is 2.49. The monoisotopic (exact) mass is 403 g/mol. The van der Waals surface area contributed by atoms with Gasteiger partial charge in [-0.1, -0.05) is 51.8 Å². The highest BCUT2D eigenvalue weighted by Crippen LogP contribution is 2.20. The first-order valence-corrected chi connectivity index (χ1v) is 8.52. The average molecular weight is 405 g/mol. The number of halogens is 2. The summed E-state index contributed by atoms with van der Waals surface area (Å²) in [5, 5.41) is 0.374. The number of carbonyl (C=O) groups excluding carboxylic acids is 1. The lowest BCUT2D eigenvalue weighted by Gasteiger charge is -2.16. The molecule has 0 aliphatic carbocycles. The van der Waals surface area contributed by atoms with Gasteiger partial charge in [0, 0.05) is 30.3 Å². The molecule has 0 unspecified atom stereocenters. The highest BCUT2D eigenvalue weighted by atomic mass is 79.9. The number of benzene rings is 1. The molecule has 0 aliphatic heterocycles. The van der Waals surface area contributed by atoms with Crippen molar-refractivity contribution in [1.29, 1.82) is 0 Å². The van der Waals surface area contributed by atoms with Crippen molar-refractivity contribution in [1.82, 2.24) is 14.3 Å². The second-order valence-corrected chi connectivity index (χ2v) is 6.55. The maximum atomic E-state index is 12.4. The van der Waals surface area contributed by atoms with Gasteiger partial charge in [0.1, 0.15) is 5.65 Å². The number of amides is 1. The Bertz CT molecular complexity index is 920. The van der Waals surface area contributed by atoms with Gasteiger partial charge in [-0.2, -0.15) is 0 Å². The Hall–Kier alpha value is -2.11. The zero-order chi connectivity index (χ0) is 17.1. The third-order valence-electron chi connectivity index (χ3n) is 3.65. The Morgan fingerprint density at radius 3 is 2.83 bits per heavy atom. The Morgan fingerprint density at radius 2 is 2.04 bits per heavy atom. The molecule has 0 bridgehead atoms. The molecule has 3 aromatic rings. The third kappa shape index (κ3) is 3.52. The fourth-order valence-corrected chi connectivity index (χ4v) is 3.02. The van der Waals surface area contributed by atoms with E-state index in [0.29, 0.717) is 17.4 Å². The minimum atomic E-state index is -0.104. The Kier molecular flexibility index (Phi) is 5.02. The van der Waals surface area contributed by atoms with Crippen LogP contribution in [0.4, 0.5) is 0 Å². The van der Waals surface area contributed by atoms with E-state index in [1.807, 2.05) is 53.1 Å². The fourth-order valence-electron chi connectivity index (χ4n) is 2.37. The maximum absolute atomic E-state index is 12.4. The molecule has 24 heavy (non-hydrogen) atoms. The summed E-state index contributed by atoms with van der Waals surface area (Å²) in [6.45, 7) is 0.519. The van der Waals surface area contributed by atoms with Crippen LogP contribution in [0.5, 0.6) is 0 Å². The topological polar surface area (TPSA) is 37.6 Å². The van der Waals surface area contributed by atoms with Crippen molar-refractivity contribution in [3.63, 3.8) is 0 Å². The summed E-state index contributed by atoms with van der Waals surface area (Å²) in [4.78, 5) is 18.3. The SMILES string of the molecule is CN(Cc1ccccc1Br)C(=O)/C=C/c1c(Cl)nc2ccccn12. The van der Waals surface area contributed by atoms with Crippen LogP contribution >= 0.6 is 27.5 Å². The van der Waals surface area contributed by atoms with E-state index in [0.717, 1.165) is 15.7 Å². The van der Waals surface area contributed by atoms with Gasteiger partial charge < -0.3 is 4.90 Å². The molecule has 0 radical (unpaired) electrons. The first kappa shape index (κ1) is 16.7. The van der Waals surface area contributed by atoms with Crippen LogP contribution in [0.25, 0.3) is 11.7 Å². The van der Waals surface area contributed by atoms with Gasteiger partial charge in [0.15, 0.2) is 5.15 Å². The molecule has 122 valence electrons. The second-order valence-electron chi connectivity index (χ2n) is 5.34. The van der Waals surface area contributed by atoms with Gasteiger partial charge in [-0.3, -0.25) is 9.20 Å². The molecular weight excluding hydrogens is 390 g/mol. The zero-order valence-electron chi connectivity index (χ0n) is 13.0. The van der Waals surface area contributed by atoms with Gasteiger partial charge in [-0.05, 0) is 29.8 Å². The number of hydrogen-bond acceptors (Lipinski definition) is 2. The van der Waals surface area contributed by atoms with Gasteiger partial charge in [0.2, 0.25) is 5.91 Å². The van der Waals surface area contributed by atoms with Crippen LogP contribution in [0.2, 0.25) is 5.15 Å². The van der Waals surface area contributed by atoms with E-state index in [1.54, 1.807) is 18.0 Å². The van der Waals surface area contributed by atoms with E-state index in [-0.39, 0.29) is 5.91 Å². The minimum absolute atomic E-state index is 0.104. The van der Waals surface area contributed by atoms with E-state index in [2.05, 4.69) is 20.9 Å². The maximum Gasteiger partial charge on any atom is 0.246 e. The van der Waals surface area contributed by atoms with Crippen LogP contribution in [0, 0.1) is 0 Å². The van der Waals surface area contributed by atoms with Crippen molar-refractivity contribution in [2.24, 2.45) is 0 Å². The number of pyridine rings is 1. The number of aromatic nitrogens is 2. The zero-order valence-corrected chi connectivity index (χ0v) is 15.3. The summed E-state index contributed by atoms with van der Waals surface area (Å²) < 4.78 is 2.83. The van der Waals surface area contributed by atoms with E-state index in [9.17, 15) is 4.79 Å². The molecular formula is C18H15BrClN3O. The summed E-state index contributed by atoms with van der Waals surface area (Å²) in [6.07, 6.45) is 5.07. The number of nitrogens with zero attached hydrogens (tertiary/aromatic N) is 3. The highest BCUT2D eigenvalue weighted by molar-refractivity contribution is 9.10. The van der Waals surface area contributed by atoms with Gasteiger partial charge >= 0.3 is 0 Å². The highest BCUT2D eigenvalue weighted by Gasteiger charge is 2.10. The van der Waals surface area contributed by atoms with Crippen LogP contribution in [-0.2, 0) is 11.3 Å². The Morgan fingerprint density at radius 1 is 1.29 bits per heavy atom. The molecule has 1 aromatic carbocycles. The number of fused-ring (bicyclic) bond motifs is 1. The van der Waals surface area contributed by atoms with Gasteiger partial charge in [-0.15, -0.1) is 0 Å². The normalized spacial score (nSPS) is 11.3. The van der Waals surface area contributed by atoms with Crippen LogP contribution in [0.15, 0.2) is 59.2 Å². The van der Waals surface area contributed by atoms with E-state index >= 15 is 0 Å². The molecule has 6 heteroatoms. The molecule has 0 fully saturated rings. The molecule has 0 spiro atoms. The number of rotatable bonds is 4. The molecule has 2 heterocycles. The van der Waals surface area contributed by atoms with Gasteiger partial charge in [-0.25, -0.2) is 4.98 Å². The van der Waals surface area contributed by atoms with Crippen LogP contribution in [0.1, 0.15) is 11.3 Å². The van der Waals surface area contributed by atoms with E-state index < -0.39 is 0 Å². The molecule has 0 N–H and O–H groups in total. The van der Waals surface area contributed by atoms with Gasteiger partial charge in [0.05, 0.1) is 5.69 Å². The van der Waals surface area contributed by atoms with Crippen molar-refractivity contribution in [2.45, 2.75) is 6.54 Å². The van der Waals surface area contributed by atoms with Crippen LogP contribution in [-0.4, -0.2) is 27.2 Å². The van der Waals surface area contributed by atoms with Crippen LogP contribution in [0.3, 0.4) is 0 Å². The first-order valence-electron chi connectivity index (χ1n) is 7.35. The standard InChI is InChI=1S/C18H15BrClN3O/c1-22(12-13-6-2-3-7-14(13)19)17(24)10-9-15-18(20)21-16-8-4-5-11-23(15)16/h2-11H,12H2,1H3/b10-9+. The van der Waals surface area contributed by atoms with E-state index in [1.165, 1.54) is 6.08 Å². The lowest BCUT2D eigenvalue weighted by Crippen LogP contribution is -2.24. The molecule has 1 amide bonds. The Balaban J connectivity index is 1.77. The van der Waals surface area contributed by atoms with E-state index in [4.69, 9.17) is 11.6 Å². The second kappa shape index (κ2) is 7.20. The molecule has 2 aromatic heterocycles. The van der Waals surface area contributed by atoms with Crippen molar-refractivity contribution in [3.05, 3.63) is 75.6 Å². The first-order chi connectivity index (χ1) is 11.6. The lowest BCUT2D eigenvalue weighted by molar-refractivity contribution is -0.125. The number of imidazole rings is 1. The average Bonchev–Trinajstić information content (AvgIpc) is 2.90. The summed E-state index contributed by atoms with van der Waals surface area (Å²) in [5.74, 6) is -0.104. The summed E-state index contributed by atoms with van der Waals surface area (Å²) in [7, 11) is 1.77. The predicted molar refractivity (Wildman–Crippen MR) is 99.9 cm³/mol. The fraction of sp³-hybridized carbons (Fsp3) is 0.111. The van der Waals surface area contributed by atoms with Crippen molar-refractivity contribution in [3.8, 4) is 0 Å². The number of hydrogen-bond donors (Lipinski definition) is 0. The van der Waals surface area contributed by atoms with Crippen molar-refractivity contribution >= 4 is 45.2 Å². The summed E-state index contributed by atoms with van der Waals surface area (Å²) >= 11 is 9.66. The van der Waals surface area contributed by atoms with Crippen LogP contribution < -0.4 is 0 Å². The molecule has 0 atom stereocenters. The smallest absolute Gasteiger partial charge is 0.246 e. The minimum Gasteiger partial charge on any atom is -0.338 e. The largest absolute Gasteiger partial charge is 0.338 e. The van der Waals surface area contributed by atoms with Crippen molar-refractivity contribution in [2.75, 3.05) is 7.05 Å². The third-order valence-corrected chi connectivity index (χ3v) is 4.70. The van der Waals surface area contributed by atoms with Crippen molar-refractivity contribution < 1.29 is 4.79 Å². The Labute approximate surface area is 153 Å². The number of carbonyl (C=O) groups is 1. The predicted octanol–water partition coefficient (Wildman–Crippen LogP) is 4.42. The lowest BCUT2D eigenvalue weighted by atomic mass is 10.2. The molecule has 3 rings (SSSR count). The molecule has 0 saturated heterocycles. The summed E-state index contributed by atoms with van der Waals surface area (Å²) in [6, 6.07) is 13.5. The molecule has 4 nitrogen and oxygen atoms in total. The molecule has 0 aliphatic rings. The quantitative estimate of drug-likeness (QED) is 0.604. The van der Waals surface area contributed by atoms with Gasteiger partial charge in [0.25, 0.3) is 0 Å². The molecule has 0 saturated carbocycles.